The Hall–Kier alpha value is -1.68. The average molecular weight is 276 g/mol. The zero-order chi connectivity index (χ0) is 14.4. The molecule has 0 saturated heterocycles. The van der Waals surface area contributed by atoms with Crippen molar-refractivity contribution < 1.29 is 9.18 Å². The van der Waals surface area contributed by atoms with E-state index >= 15 is 0 Å². The van der Waals surface area contributed by atoms with E-state index in [0.29, 0.717) is 12.1 Å². The number of allylic oxidation sites excluding steroid dienone is 1. The van der Waals surface area contributed by atoms with Gasteiger partial charge >= 0.3 is 0 Å². The maximum atomic E-state index is 12.9. The lowest BCUT2D eigenvalue weighted by Gasteiger charge is -2.18. The number of hydrogen-bond acceptors (Lipinski definition) is 2. The Bertz CT molecular complexity index is 482. The van der Waals surface area contributed by atoms with Crippen LogP contribution in [0.25, 0.3) is 0 Å². The SMILES string of the molecule is NC(=O)C(NCCC1=CCCCC1)c1ccc(F)cc1. The smallest absolute Gasteiger partial charge is 0.239 e. The molecule has 2 rings (SSSR count). The second-order valence-electron chi connectivity index (χ2n) is 5.20. The minimum absolute atomic E-state index is 0.315. The van der Waals surface area contributed by atoms with Crippen LogP contribution in [0.5, 0.6) is 0 Å². The van der Waals surface area contributed by atoms with E-state index in [0.717, 1.165) is 19.3 Å². The number of primary amides is 1. The number of amides is 1. The summed E-state index contributed by atoms with van der Waals surface area (Å²) in [4.78, 5) is 11.5. The zero-order valence-corrected chi connectivity index (χ0v) is 11.6. The molecule has 0 aromatic heterocycles. The molecule has 0 radical (unpaired) electrons. The van der Waals surface area contributed by atoms with Gasteiger partial charge in [-0.1, -0.05) is 23.8 Å². The molecule has 0 spiro atoms. The number of rotatable bonds is 6. The number of halogens is 1. The predicted molar refractivity (Wildman–Crippen MR) is 77.5 cm³/mol. The predicted octanol–water partition coefficient (Wildman–Crippen LogP) is 2.83. The van der Waals surface area contributed by atoms with Crippen molar-refractivity contribution in [1.82, 2.24) is 5.32 Å². The van der Waals surface area contributed by atoms with Gasteiger partial charge in [0.2, 0.25) is 5.91 Å². The lowest BCUT2D eigenvalue weighted by Crippen LogP contribution is -2.34. The first kappa shape index (κ1) is 14.7. The van der Waals surface area contributed by atoms with E-state index in [2.05, 4.69) is 11.4 Å². The lowest BCUT2D eigenvalue weighted by molar-refractivity contribution is -0.120. The van der Waals surface area contributed by atoms with Gasteiger partial charge in [-0.25, -0.2) is 4.39 Å². The molecule has 0 bridgehead atoms. The molecule has 1 aromatic carbocycles. The van der Waals surface area contributed by atoms with Crippen LogP contribution >= 0.6 is 0 Å². The molecule has 20 heavy (non-hydrogen) atoms. The third kappa shape index (κ3) is 4.17. The number of nitrogens with two attached hydrogens (primary N) is 1. The third-order valence-electron chi connectivity index (χ3n) is 3.67. The van der Waals surface area contributed by atoms with Gasteiger partial charge in [-0.2, -0.15) is 0 Å². The Morgan fingerprint density at radius 1 is 1.30 bits per heavy atom. The Balaban J connectivity index is 1.91. The number of hydrogen-bond donors (Lipinski definition) is 2. The van der Waals surface area contributed by atoms with E-state index in [1.165, 1.54) is 30.5 Å². The van der Waals surface area contributed by atoms with Gasteiger partial charge in [-0.3, -0.25) is 4.79 Å². The zero-order valence-electron chi connectivity index (χ0n) is 11.6. The Morgan fingerprint density at radius 2 is 2.05 bits per heavy atom. The van der Waals surface area contributed by atoms with Crippen LogP contribution in [0.3, 0.4) is 0 Å². The summed E-state index contributed by atoms with van der Waals surface area (Å²) in [6.45, 7) is 0.705. The Morgan fingerprint density at radius 3 is 2.65 bits per heavy atom. The summed E-state index contributed by atoms with van der Waals surface area (Å²) in [5.74, 6) is -0.751. The van der Waals surface area contributed by atoms with Gasteiger partial charge in [-0.15, -0.1) is 0 Å². The molecule has 0 saturated carbocycles. The van der Waals surface area contributed by atoms with Crippen molar-refractivity contribution in [2.24, 2.45) is 5.73 Å². The summed E-state index contributed by atoms with van der Waals surface area (Å²) in [5, 5.41) is 3.16. The van der Waals surface area contributed by atoms with E-state index in [9.17, 15) is 9.18 Å². The molecule has 0 fully saturated rings. The topological polar surface area (TPSA) is 55.1 Å². The molecular formula is C16H21FN2O. The van der Waals surface area contributed by atoms with Crippen molar-refractivity contribution in [2.75, 3.05) is 6.54 Å². The molecule has 1 amide bonds. The standard InChI is InChI=1S/C16H21FN2O/c17-14-8-6-13(7-9-14)15(16(18)20)19-11-10-12-4-2-1-3-5-12/h4,6-9,15,19H,1-3,5,10-11H2,(H2,18,20). The molecule has 3 N–H and O–H groups in total. The Kier molecular flexibility index (Phi) is 5.30. The van der Waals surface area contributed by atoms with E-state index in [-0.39, 0.29) is 5.82 Å². The molecule has 0 aliphatic heterocycles. The maximum absolute atomic E-state index is 12.9. The summed E-state index contributed by atoms with van der Waals surface area (Å²) in [7, 11) is 0. The highest BCUT2D eigenvalue weighted by atomic mass is 19.1. The average Bonchev–Trinajstić information content (AvgIpc) is 2.46. The summed E-state index contributed by atoms with van der Waals surface area (Å²) in [6.07, 6.45) is 8.07. The molecule has 1 aromatic rings. The first-order valence-electron chi connectivity index (χ1n) is 7.13. The summed E-state index contributed by atoms with van der Waals surface area (Å²) >= 11 is 0. The van der Waals surface area contributed by atoms with Crippen LogP contribution in [-0.4, -0.2) is 12.5 Å². The number of carbonyl (C=O) groups is 1. The maximum Gasteiger partial charge on any atom is 0.239 e. The molecule has 1 aliphatic carbocycles. The number of nitrogens with one attached hydrogen (secondary N) is 1. The van der Waals surface area contributed by atoms with E-state index in [1.54, 1.807) is 12.1 Å². The fourth-order valence-electron chi connectivity index (χ4n) is 2.55. The molecule has 1 aliphatic rings. The fraction of sp³-hybridized carbons (Fsp3) is 0.438. The monoisotopic (exact) mass is 276 g/mol. The van der Waals surface area contributed by atoms with Crippen LogP contribution in [0.1, 0.15) is 43.7 Å². The van der Waals surface area contributed by atoms with Crippen LogP contribution in [0, 0.1) is 5.82 Å². The van der Waals surface area contributed by atoms with Crippen molar-refractivity contribution in [2.45, 2.75) is 38.1 Å². The summed E-state index contributed by atoms with van der Waals surface area (Å²) < 4.78 is 12.9. The normalized spacial score (nSPS) is 16.6. The van der Waals surface area contributed by atoms with Crippen LogP contribution in [0.15, 0.2) is 35.9 Å². The van der Waals surface area contributed by atoms with Crippen molar-refractivity contribution >= 4 is 5.91 Å². The fourth-order valence-corrected chi connectivity index (χ4v) is 2.55. The lowest BCUT2D eigenvalue weighted by atomic mass is 9.97. The molecule has 0 heterocycles. The molecule has 4 heteroatoms. The van der Waals surface area contributed by atoms with Gasteiger partial charge in [0, 0.05) is 0 Å². The quantitative estimate of drug-likeness (QED) is 0.785. The largest absolute Gasteiger partial charge is 0.368 e. The van der Waals surface area contributed by atoms with Crippen LogP contribution < -0.4 is 11.1 Å². The minimum Gasteiger partial charge on any atom is -0.368 e. The van der Waals surface area contributed by atoms with Crippen LogP contribution in [0.4, 0.5) is 4.39 Å². The highest BCUT2D eigenvalue weighted by molar-refractivity contribution is 5.81. The third-order valence-corrected chi connectivity index (χ3v) is 3.67. The number of benzene rings is 1. The van der Waals surface area contributed by atoms with E-state index < -0.39 is 11.9 Å². The van der Waals surface area contributed by atoms with Gasteiger partial charge in [-0.05, 0) is 56.3 Å². The highest BCUT2D eigenvalue weighted by Crippen LogP contribution is 2.20. The summed E-state index contributed by atoms with van der Waals surface area (Å²) in [5.41, 5.74) is 7.57. The van der Waals surface area contributed by atoms with Gasteiger partial charge in [0.05, 0.1) is 0 Å². The van der Waals surface area contributed by atoms with Gasteiger partial charge in [0.15, 0.2) is 0 Å². The van der Waals surface area contributed by atoms with Crippen LogP contribution in [0.2, 0.25) is 0 Å². The Labute approximate surface area is 119 Å². The molecule has 3 nitrogen and oxygen atoms in total. The van der Waals surface area contributed by atoms with Gasteiger partial charge in [0.25, 0.3) is 0 Å². The first-order valence-corrected chi connectivity index (χ1v) is 7.13. The van der Waals surface area contributed by atoms with Gasteiger partial charge < -0.3 is 11.1 Å². The van der Waals surface area contributed by atoms with Crippen molar-refractivity contribution in [1.29, 1.82) is 0 Å². The van der Waals surface area contributed by atoms with Crippen molar-refractivity contribution in [3.63, 3.8) is 0 Å². The highest BCUT2D eigenvalue weighted by Gasteiger charge is 2.17. The molecule has 1 atom stereocenters. The van der Waals surface area contributed by atoms with Crippen LogP contribution in [-0.2, 0) is 4.79 Å². The second kappa shape index (κ2) is 7.20. The first-order chi connectivity index (χ1) is 9.66. The van der Waals surface area contributed by atoms with Gasteiger partial charge in [0.1, 0.15) is 11.9 Å². The van der Waals surface area contributed by atoms with E-state index in [4.69, 9.17) is 5.73 Å². The second-order valence-corrected chi connectivity index (χ2v) is 5.20. The van der Waals surface area contributed by atoms with Crippen molar-refractivity contribution in [3.05, 3.63) is 47.3 Å². The van der Waals surface area contributed by atoms with Crippen molar-refractivity contribution in [3.8, 4) is 0 Å². The summed E-state index contributed by atoms with van der Waals surface area (Å²) in [6, 6.07) is 5.32. The number of carbonyl (C=O) groups excluding carboxylic acids is 1. The molecule has 108 valence electrons. The minimum atomic E-state index is -0.556. The van der Waals surface area contributed by atoms with E-state index in [1.807, 2.05) is 0 Å². The molecule has 1 unspecified atom stereocenters. The molecular weight excluding hydrogens is 255 g/mol.